The predicted octanol–water partition coefficient (Wildman–Crippen LogP) is 4.11. The van der Waals surface area contributed by atoms with Crippen LogP contribution in [0.4, 0.5) is 4.39 Å². The molecule has 0 unspecified atom stereocenters. The van der Waals surface area contributed by atoms with Gasteiger partial charge in [0.2, 0.25) is 0 Å². The van der Waals surface area contributed by atoms with Gasteiger partial charge in [0.15, 0.2) is 0 Å². The van der Waals surface area contributed by atoms with Gasteiger partial charge < -0.3 is 0 Å². The number of nitrogens with one attached hydrogen (secondary N) is 1. The zero-order chi connectivity index (χ0) is 17.8. The second kappa shape index (κ2) is 7.31. The van der Waals surface area contributed by atoms with Crippen LogP contribution in [0.15, 0.2) is 67.3 Å². The van der Waals surface area contributed by atoms with Gasteiger partial charge >= 0.3 is 0 Å². The molecule has 5 nitrogen and oxygen atoms in total. The van der Waals surface area contributed by atoms with Crippen LogP contribution in [-0.2, 0) is 13.0 Å². The minimum Gasteiger partial charge on any atom is -0.281 e. The number of aromatic amines is 1. The molecule has 0 saturated heterocycles. The van der Waals surface area contributed by atoms with E-state index in [2.05, 4.69) is 20.3 Å². The summed E-state index contributed by atoms with van der Waals surface area (Å²) in [6.07, 6.45) is 9.05. The lowest BCUT2D eigenvalue weighted by molar-refractivity contribution is 0.575. The highest BCUT2D eigenvalue weighted by molar-refractivity contribution is 5.82. The Kier molecular flexibility index (Phi) is 4.55. The van der Waals surface area contributed by atoms with E-state index >= 15 is 0 Å². The predicted molar refractivity (Wildman–Crippen MR) is 97.8 cm³/mol. The molecule has 130 valence electrons. The maximum atomic E-state index is 13.3. The van der Waals surface area contributed by atoms with E-state index in [0.29, 0.717) is 0 Å². The number of pyridine rings is 1. The number of hydrogen-bond acceptors (Lipinski definition) is 3. The molecule has 0 aliphatic rings. The number of halogens is 1. The lowest BCUT2D eigenvalue weighted by Gasteiger charge is -2.07. The first-order valence-corrected chi connectivity index (χ1v) is 8.52. The van der Waals surface area contributed by atoms with Crippen molar-refractivity contribution < 1.29 is 4.39 Å². The average Bonchev–Trinajstić information content (AvgIpc) is 3.33. The molecule has 0 spiro atoms. The highest BCUT2D eigenvalue weighted by Crippen LogP contribution is 2.33. The Bertz CT molecular complexity index is 959. The van der Waals surface area contributed by atoms with Crippen molar-refractivity contribution in [3.63, 3.8) is 0 Å². The van der Waals surface area contributed by atoms with Crippen molar-refractivity contribution in [3.8, 4) is 22.4 Å². The molecule has 0 atom stereocenters. The van der Waals surface area contributed by atoms with Crippen LogP contribution in [0.1, 0.15) is 12.1 Å². The van der Waals surface area contributed by atoms with E-state index in [1.807, 2.05) is 29.1 Å². The third-order valence-electron chi connectivity index (χ3n) is 4.30. The Morgan fingerprint density at radius 3 is 2.50 bits per heavy atom. The van der Waals surface area contributed by atoms with Crippen LogP contribution < -0.4 is 0 Å². The number of nitrogens with zero attached hydrogens (tertiary/aromatic N) is 4. The van der Waals surface area contributed by atoms with E-state index in [9.17, 15) is 4.39 Å². The summed E-state index contributed by atoms with van der Waals surface area (Å²) < 4.78 is 15.2. The van der Waals surface area contributed by atoms with Crippen molar-refractivity contribution in [3.05, 3.63) is 78.8 Å². The smallest absolute Gasteiger partial charge is 0.123 e. The number of aryl methyl sites for hydroxylation is 2. The molecule has 3 aromatic heterocycles. The lowest BCUT2D eigenvalue weighted by atomic mass is 9.98. The maximum Gasteiger partial charge on any atom is 0.123 e. The number of benzene rings is 1. The molecular formula is C20H18FN5. The van der Waals surface area contributed by atoms with Gasteiger partial charge in [-0.25, -0.2) is 4.39 Å². The quantitative estimate of drug-likeness (QED) is 0.571. The molecule has 1 aromatic carbocycles. The molecule has 0 radical (unpaired) electrons. The highest BCUT2D eigenvalue weighted by atomic mass is 19.1. The van der Waals surface area contributed by atoms with Crippen LogP contribution in [-0.4, -0.2) is 25.0 Å². The van der Waals surface area contributed by atoms with Gasteiger partial charge in [0.1, 0.15) is 11.5 Å². The minimum absolute atomic E-state index is 0.255. The van der Waals surface area contributed by atoms with Gasteiger partial charge in [-0.1, -0.05) is 0 Å². The normalized spacial score (nSPS) is 11.0. The molecule has 0 amide bonds. The van der Waals surface area contributed by atoms with E-state index < -0.39 is 0 Å². The molecular weight excluding hydrogens is 329 g/mol. The molecule has 26 heavy (non-hydrogen) atoms. The monoisotopic (exact) mass is 347 g/mol. The molecule has 0 aliphatic carbocycles. The Hall–Kier alpha value is -3.28. The Morgan fingerprint density at radius 1 is 0.962 bits per heavy atom. The highest BCUT2D eigenvalue weighted by Gasteiger charge is 2.16. The van der Waals surface area contributed by atoms with E-state index in [-0.39, 0.29) is 5.82 Å². The molecule has 0 aliphatic heterocycles. The SMILES string of the molecule is Fc1ccc(-c2n[nH]c(CCCn3cccn3)c2-c2ccncc2)cc1. The van der Waals surface area contributed by atoms with Gasteiger partial charge in [0.05, 0.1) is 0 Å². The van der Waals surface area contributed by atoms with Gasteiger partial charge in [-0.15, -0.1) is 0 Å². The van der Waals surface area contributed by atoms with Crippen molar-refractivity contribution in [1.82, 2.24) is 25.0 Å². The summed E-state index contributed by atoms with van der Waals surface area (Å²) >= 11 is 0. The van der Waals surface area contributed by atoms with Crippen molar-refractivity contribution >= 4 is 0 Å². The molecule has 4 rings (SSSR count). The fourth-order valence-corrected chi connectivity index (χ4v) is 3.06. The first kappa shape index (κ1) is 16.2. The van der Waals surface area contributed by atoms with Crippen LogP contribution in [0.3, 0.4) is 0 Å². The van der Waals surface area contributed by atoms with Crippen molar-refractivity contribution in [2.75, 3.05) is 0 Å². The first-order valence-electron chi connectivity index (χ1n) is 8.52. The topological polar surface area (TPSA) is 59.4 Å². The molecule has 1 N–H and O–H groups in total. The van der Waals surface area contributed by atoms with E-state index in [4.69, 9.17) is 0 Å². The van der Waals surface area contributed by atoms with Crippen LogP contribution in [0.25, 0.3) is 22.4 Å². The fraction of sp³-hybridized carbons (Fsp3) is 0.150. The average molecular weight is 347 g/mol. The summed E-state index contributed by atoms with van der Waals surface area (Å²) in [6, 6.07) is 12.3. The first-order chi connectivity index (χ1) is 12.8. The number of H-pyrrole nitrogens is 1. The van der Waals surface area contributed by atoms with Gasteiger partial charge in [-0.3, -0.25) is 14.8 Å². The molecule has 3 heterocycles. The van der Waals surface area contributed by atoms with Crippen LogP contribution in [0.2, 0.25) is 0 Å². The van der Waals surface area contributed by atoms with Crippen LogP contribution in [0.5, 0.6) is 0 Å². The maximum absolute atomic E-state index is 13.3. The summed E-state index contributed by atoms with van der Waals surface area (Å²) in [4.78, 5) is 4.10. The standard InChI is InChI=1S/C20H18FN5/c21-17-6-4-16(5-7-17)20-19(15-8-11-22-12-9-15)18(24-25-20)3-1-13-26-14-2-10-23-26/h2,4-12,14H,1,3,13H2,(H,24,25). The second-order valence-electron chi connectivity index (χ2n) is 6.04. The lowest BCUT2D eigenvalue weighted by Crippen LogP contribution is -2.00. The Labute approximate surface area is 150 Å². The Morgan fingerprint density at radius 2 is 1.77 bits per heavy atom. The van der Waals surface area contributed by atoms with Gasteiger partial charge in [0, 0.05) is 48.2 Å². The molecule has 0 fully saturated rings. The summed E-state index contributed by atoms with van der Waals surface area (Å²) in [5.41, 5.74) is 4.85. The van der Waals surface area contributed by atoms with Gasteiger partial charge in [0.25, 0.3) is 0 Å². The Balaban J connectivity index is 1.66. The number of aromatic nitrogens is 5. The fourth-order valence-electron chi connectivity index (χ4n) is 3.06. The van der Waals surface area contributed by atoms with Gasteiger partial charge in [-0.2, -0.15) is 10.2 Å². The zero-order valence-corrected chi connectivity index (χ0v) is 14.1. The molecule has 4 aromatic rings. The van der Waals surface area contributed by atoms with Crippen molar-refractivity contribution in [2.24, 2.45) is 0 Å². The summed E-state index contributed by atoms with van der Waals surface area (Å²) in [7, 11) is 0. The zero-order valence-electron chi connectivity index (χ0n) is 14.1. The van der Waals surface area contributed by atoms with Crippen molar-refractivity contribution in [1.29, 1.82) is 0 Å². The van der Waals surface area contributed by atoms with Crippen LogP contribution >= 0.6 is 0 Å². The third kappa shape index (κ3) is 3.39. The molecule has 0 saturated carbocycles. The summed E-state index contributed by atoms with van der Waals surface area (Å²) in [6.45, 7) is 0.841. The third-order valence-corrected chi connectivity index (χ3v) is 4.30. The van der Waals surface area contributed by atoms with Crippen LogP contribution in [0, 0.1) is 5.82 Å². The van der Waals surface area contributed by atoms with Gasteiger partial charge in [-0.05, 0) is 60.9 Å². The summed E-state index contributed by atoms with van der Waals surface area (Å²) in [5, 5.41) is 11.9. The van der Waals surface area contributed by atoms with E-state index in [1.165, 1.54) is 12.1 Å². The second-order valence-corrected chi connectivity index (χ2v) is 6.04. The molecule has 6 heteroatoms. The van der Waals surface area contributed by atoms with E-state index in [0.717, 1.165) is 47.5 Å². The minimum atomic E-state index is -0.255. The number of rotatable bonds is 6. The number of hydrogen-bond donors (Lipinski definition) is 1. The summed E-state index contributed by atoms with van der Waals surface area (Å²) in [5.74, 6) is -0.255. The van der Waals surface area contributed by atoms with E-state index in [1.54, 1.807) is 30.7 Å². The molecule has 0 bridgehead atoms. The van der Waals surface area contributed by atoms with Crippen molar-refractivity contribution in [2.45, 2.75) is 19.4 Å². The largest absolute Gasteiger partial charge is 0.281 e.